The summed E-state index contributed by atoms with van der Waals surface area (Å²) in [5, 5.41) is 7.74. The normalized spacial score (nSPS) is 18.3. The molecule has 1 amide bonds. The number of halogens is 2. The van der Waals surface area contributed by atoms with E-state index in [1.807, 2.05) is 12.1 Å². The van der Waals surface area contributed by atoms with Crippen LogP contribution in [0.2, 0.25) is 0 Å². The summed E-state index contributed by atoms with van der Waals surface area (Å²) < 4.78 is 9.41. The van der Waals surface area contributed by atoms with Gasteiger partial charge in [0.25, 0.3) is 5.91 Å². The third kappa shape index (κ3) is 6.02. The molecule has 0 bridgehead atoms. The molecule has 0 unspecified atom stereocenters. The van der Waals surface area contributed by atoms with Crippen LogP contribution in [0.3, 0.4) is 0 Å². The number of piperidine rings is 2. The van der Waals surface area contributed by atoms with Gasteiger partial charge in [0.1, 0.15) is 11.9 Å². The molecule has 2 N–H and O–H groups in total. The first-order valence-electron chi connectivity index (χ1n) is 11.9. The van der Waals surface area contributed by atoms with Gasteiger partial charge in [-0.2, -0.15) is 0 Å². The number of rotatable bonds is 6. The van der Waals surface area contributed by atoms with E-state index in [0.717, 1.165) is 88.1 Å². The van der Waals surface area contributed by atoms with Crippen molar-refractivity contribution in [1.82, 2.24) is 15.5 Å². The van der Waals surface area contributed by atoms with E-state index in [1.165, 1.54) is 5.56 Å². The molecule has 5 rings (SSSR count). The van der Waals surface area contributed by atoms with Crippen molar-refractivity contribution >= 4 is 59.2 Å². The van der Waals surface area contributed by atoms with Crippen LogP contribution in [0.4, 0.5) is 0 Å². The van der Waals surface area contributed by atoms with Crippen LogP contribution in [0.15, 0.2) is 51.4 Å². The molecule has 0 saturated carbocycles. The highest BCUT2D eigenvalue weighted by Crippen LogP contribution is 2.30. The maximum absolute atomic E-state index is 12.8. The van der Waals surface area contributed by atoms with Crippen LogP contribution in [0.5, 0.6) is 5.75 Å². The highest BCUT2D eigenvalue weighted by molar-refractivity contribution is 9.10. The van der Waals surface area contributed by atoms with Crippen LogP contribution in [0.1, 0.15) is 40.9 Å². The molecule has 0 aliphatic carbocycles. The zero-order chi connectivity index (χ0) is 23.5. The Morgan fingerprint density at radius 1 is 1.06 bits per heavy atom. The van der Waals surface area contributed by atoms with E-state index in [9.17, 15) is 4.79 Å². The number of carbonyl (C=O) groups excluding carboxylic acids is 1. The first kappa shape index (κ1) is 24.3. The first-order valence-corrected chi connectivity index (χ1v) is 14.3. The fourth-order valence-electron chi connectivity index (χ4n) is 4.71. The first-order chi connectivity index (χ1) is 16.5. The Hall–Kier alpha value is -1.45. The Bertz CT molecular complexity index is 1150. The van der Waals surface area contributed by atoms with Crippen molar-refractivity contribution in [2.75, 3.05) is 26.2 Å². The van der Waals surface area contributed by atoms with Crippen LogP contribution in [0.25, 0.3) is 10.1 Å². The molecule has 3 aromatic rings. The van der Waals surface area contributed by atoms with Crippen molar-refractivity contribution in [1.29, 1.82) is 0 Å². The summed E-state index contributed by atoms with van der Waals surface area (Å²) >= 11 is 8.77. The van der Waals surface area contributed by atoms with E-state index < -0.39 is 0 Å². The average Bonchev–Trinajstić information content (AvgIpc) is 3.26. The molecule has 2 aliphatic rings. The molecule has 0 spiro atoms. The van der Waals surface area contributed by atoms with Gasteiger partial charge in [-0.3, -0.25) is 9.69 Å². The van der Waals surface area contributed by atoms with E-state index in [1.54, 1.807) is 11.3 Å². The van der Waals surface area contributed by atoms with Gasteiger partial charge in [-0.15, -0.1) is 11.3 Å². The molecule has 34 heavy (non-hydrogen) atoms. The van der Waals surface area contributed by atoms with Crippen LogP contribution in [-0.4, -0.2) is 49.1 Å². The number of hydrogen-bond acceptors (Lipinski definition) is 5. The summed E-state index contributed by atoms with van der Waals surface area (Å²) in [5.41, 5.74) is 1.28. The maximum atomic E-state index is 12.8. The number of ether oxygens (including phenoxy) is 1. The Balaban J connectivity index is 1.11. The molecular weight excluding hydrogens is 578 g/mol. The topological polar surface area (TPSA) is 53.6 Å². The van der Waals surface area contributed by atoms with Gasteiger partial charge in [-0.25, -0.2) is 0 Å². The van der Waals surface area contributed by atoms with Crippen molar-refractivity contribution in [3.8, 4) is 5.75 Å². The van der Waals surface area contributed by atoms with E-state index >= 15 is 0 Å². The summed E-state index contributed by atoms with van der Waals surface area (Å²) in [5.74, 6) is 0.981. The van der Waals surface area contributed by atoms with Gasteiger partial charge in [0.05, 0.1) is 9.35 Å². The van der Waals surface area contributed by atoms with Gasteiger partial charge >= 0.3 is 0 Å². The van der Waals surface area contributed by atoms with Crippen LogP contribution in [-0.2, 0) is 6.54 Å². The molecule has 2 saturated heterocycles. The molecule has 2 aromatic carbocycles. The smallest absolute Gasteiger partial charge is 0.261 e. The fraction of sp³-hybridized carbons (Fsp3) is 0.423. The summed E-state index contributed by atoms with van der Waals surface area (Å²) in [7, 11) is 0. The SMILES string of the molecule is O=C(NC1CCN(Cc2ccc(OC3CCNCC3)c(Br)c2)CC1)c1cc2cc(Br)ccc2s1. The second-order valence-electron chi connectivity index (χ2n) is 9.15. The lowest BCUT2D eigenvalue weighted by Gasteiger charge is -2.32. The van der Waals surface area contributed by atoms with Crippen molar-refractivity contribution in [2.24, 2.45) is 0 Å². The molecule has 2 aliphatic heterocycles. The Morgan fingerprint density at radius 3 is 2.62 bits per heavy atom. The van der Waals surface area contributed by atoms with Crippen molar-refractivity contribution in [3.05, 3.63) is 61.9 Å². The summed E-state index contributed by atoms with van der Waals surface area (Å²) in [6, 6.07) is 14.8. The van der Waals surface area contributed by atoms with Gasteiger partial charge in [-0.05, 0) is 102 Å². The fourth-order valence-corrected chi connectivity index (χ4v) is 6.55. The number of benzene rings is 2. The minimum atomic E-state index is 0.0454. The number of nitrogens with one attached hydrogen (secondary N) is 2. The van der Waals surface area contributed by atoms with Crippen molar-refractivity contribution in [2.45, 2.75) is 44.4 Å². The van der Waals surface area contributed by atoms with E-state index in [2.05, 4.69) is 77.7 Å². The molecule has 8 heteroatoms. The zero-order valence-electron chi connectivity index (χ0n) is 19.0. The monoisotopic (exact) mass is 605 g/mol. The van der Waals surface area contributed by atoms with Gasteiger partial charge in [0.15, 0.2) is 0 Å². The zero-order valence-corrected chi connectivity index (χ0v) is 23.0. The Kier molecular flexibility index (Phi) is 7.90. The average molecular weight is 607 g/mol. The lowest BCUT2D eigenvalue weighted by molar-refractivity contribution is 0.0913. The molecule has 3 heterocycles. The summed E-state index contributed by atoms with van der Waals surface area (Å²) in [6.45, 7) is 4.93. The van der Waals surface area contributed by atoms with Gasteiger partial charge in [-0.1, -0.05) is 22.0 Å². The highest BCUT2D eigenvalue weighted by Gasteiger charge is 2.22. The molecule has 5 nitrogen and oxygen atoms in total. The number of hydrogen-bond donors (Lipinski definition) is 2. The second kappa shape index (κ2) is 11.1. The van der Waals surface area contributed by atoms with Gasteiger partial charge < -0.3 is 15.4 Å². The summed E-state index contributed by atoms with van der Waals surface area (Å²) in [6.07, 6.45) is 4.36. The predicted molar refractivity (Wildman–Crippen MR) is 146 cm³/mol. The lowest BCUT2D eigenvalue weighted by atomic mass is 10.0. The molecule has 1 aromatic heterocycles. The lowest BCUT2D eigenvalue weighted by Crippen LogP contribution is -2.44. The van der Waals surface area contributed by atoms with Gasteiger partial charge in [0, 0.05) is 34.8 Å². The Labute approximate surface area is 221 Å². The Morgan fingerprint density at radius 2 is 1.85 bits per heavy atom. The standard InChI is InChI=1S/C26H29Br2N3O2S/c27-19-2-4-24-18(14-19)15-25(34-24)26(32)30-20-7-11-31(12-8-20)16-17-1-3-23(22(28)13-17)33-21-5-9-29-10-6-21/h1-4,13-15,20-21,29H,5-12,16H2,(H,30,32). The molecule has 0 radical (unpaired) electrons. The van der Waals surface area contributed by atoms with Crippen LogP contribution >= 0.6 is 43.2 Å². The largest absolute Gasteiger partial charge is 0.489 e. The number of nitrogens with zero attached hydrogens (tertiary/aromatic N) is 1. The number of amides is 1. The van der Waals surface area contributed by atoms with Crippen LogP contribution < -0.4 is 15.4 Å². The second-order valence-corrected chi connectivity index (χ2v) is 12.0. The van der Waals surface area contributed by atoms with Crippen molar-refractivity contribution in [3.63, 3.8) is 0 Å². The number of fused-ring (bicyclic) bond motifs is 1. The quantitative estimate of drug-likeness (QED) is 0.364. The van der Waals surface area contributed by atoms with E-state index in [-0.39, 0.29) is 11.9 Å². The van der Waals surface area contributed by atoms with E-state index in [4.69, 9.17) is 4.74 Å². The van der Waals surface area contributed by atoms with Gasteiger partial charge in [0.2, 0.25) is 0 Å². The number of likely N-dealkylation sites (tertiary alicyclic amines) is 1. The number of thiophene rings is 1. The molecule has 0 atom stereocenters. The minimum absolute atomic E-state index is 0.0454. The third-order valence-corrected chi connectivity index (χ3v) is 8.84. The highest BCUT2D eigenvalue weighted by atomic mass is 79.9. The minimum Gasteiger partial charge on any atom is -0.489 e. The molecule has 180 valence electrons. The van der Waals surface area contributed by atoms with E-state index in [0.29, 0.717) is 6.10 Å². The molecule has 2 fully saturated rings. The van der Waals surface area contributed by atoms with Crippen LogP contribution in [0, 0.1) is 0 Å². The third-order valence-electron chi connectivity index (χ3n) is 6.61. The molecular formula is C26H29Br2N3O2S. The number of carbonyl (C=O) groups is 1. The van der Waals surface area contributed by atoms with Crippen molar-refractivity contribution < 1.29 is 9.53 Å². The summed E-state index contributed by atoms with van der Waals surface area (Å²) in [4.78, 5) is 16.1. The maximum Gasteiger partial charge on any atom is 0.261 e. The predicted octanol–water partition coefficient (Wildman–Crippen LogP) is 5.95.